The molecule has 1 aromatic heterocycles. The highest BCUT2D eigenvalue weighted by atomic mass is 15.1. The van der Waals surface area contributed by atoms with Crippen LogP contribution in [0.4, 0.5) is 0 Å². The second kappa shape index (κ2) is 6.34. The maximum absolute atomic E-state index is 4.33. The lowest BCUT2D eigenvalue weighted by Crippen LogP contribution is -2.36. The van der Waals surface area contributed by atoms with Crippen LogP contribution in [0.25, 0.3) is 0 Å². The van der Waals surface area contributed by atoms with E-state index in [9.17, 15) is 0 Å². The Morgan fingerprint density at radius 1 is 1.50 bits per heavy atom. The first-order chi connectivity index (χ1) is 8.70. The second-order valence-corrected chi connectivity index (χ2v) is 5.46. The molecule has 2 atom stereocenters. The molecule has 0 aliphatic carbocycles. The summed E-state index contributed by atoms with van der Waals surface area (Å²) in [5, 5.41) is 3.69. The van der Waals surface area contributed by atoms with Gasteiger partial charge in [-0.05, 0) is 39.8 Å². The summed E-state index contributed by atoms with van der Waals surface area (Å²) in [7, 11) is 2.16. The molecule has 4 nitrogen and oxygen atoms in total. The van der Waals surface area contributed by atoms with Crippen molar-refractivity contribution in [2.24, 2.45) is 0 Å². The molecule has 102 valence electrons. The van der Waals surface area contributed by atoms with Crippen LogP contribution in [0.5, 0.6) is 0 Å². The predicted octanol–water partition coefficient (Wildman–Crippen LogP) is 2.04. The van der Waals surface area contributed by atoms with Crippen LogP contribution in [0.1, 0.15) is 44.8 Å². The summed E-state index contributed by atoms with van der Waals surface area (Å²) >= 11 is 0. The van der Waals surface area contributed by atoms with Crippen LogP contribution >= 0.6 is 0 Å². The number of aromatic nitrogens is 2. The van der Waals surface area contributed by atoms with Crippen molar-refractivity contribution in [3.05, 3.63) is 18.2 Å². The van der Waals surface area contributed by atoms with Crippen LogP contribution in [0, 0.1) is 0 Å². The zero-order valence-corrected chi connectivity index (χ0v) is 11.9. The van der Waals surface area contributed by atoms with Gasteiger partial charge in [-0.25, -0.2) is 4.98 Å². The Hall–Kier alpha value is -0.870. The van der Waals surface area contributed by atoms with Crippen molar-refractivity contribution in [3.63, 3.8) is 0 Å². The summed E-state index contributed by atoms with van der Waals surface area (Å²) in [4.78, 5) is 6.66. The van der Waals surface area contributed by atoms with Gasteiger partial charge in [0.05, 0.1) is 12.0 Å². The summed E-state index contributed by atoms with van der Waals surface area (Å²) in [6.07, 6.45) is 7.85. The molecule has 18 heavy (non-hydrogen) atoms. The van der Waals surface area contributed by atoms with E-state index in [1.807, 2.05) is 12.5 Å². The maximum atomic E-state index is 4.33. The number of imidazole rings is 1. The van der Waals surface area contributed by atoms with E-state index in [0.717, 1.165) is 19.6 Å². The van der Waals surface area contributed by atoms with Crippen molar-refractivity contribution < 1.29 is 0 Å². The van der Waals surface area contributed by atoms with Gasteiger partial charge in [0.25, 0.3) is 0 Å². The van der Waals surface area contributed by atoms with Gasteiger partial charge in [0.15, 0.2) is 0 Å². The Morgan fingerprint density at radius 3 is 3.06 bits per heavy atom. The first-order valence-corrected chi connectivity index (χ1v) is 7.15. The van der Waals surface area contributed by atoms with Gasteiger partial charge < -0.3 is 14.8 Å². The maximum Gasteiger partial charge on any atom is 0.0949 e. The Labute approximate surface area is 110 Å². The van der Waals surface area contributed by atoms with E-state index in [4.69, 9.17) is 0 Å². The van der Waals surface area contributed by atoms with Gasteiger partial charge in [-0.1, -0.05) is 6.92 Å². The van der Waals surface area contributed by atoms with Crippen LogP contribution in [-0.4, -0.2) is 40.6 Å². The minimum Gasteiger partial charge on any atom is -0.332 e. The van der Waals surface area contributed by atoms with Crippen molar-refractivity contribution in [1.82, 2.24) is 19.8 Å². The molecule has 2 rings (SSSR count). The second-order valence-electron chi connectivity index (χ2n) is 5.46. The van der Waals surface area contributed by atoms with Crippen molar-refractivity contribution in [1.29, 1.82) is 0 Å². The molecule has 1 N–H and O–H groups in total. The first-order valence-electron chi connectivity index (χ1n) is 7.15. The fraction of sp³-hybridized carbons (Fsp3) is 0.786. The van der Waals surface area contributed by atoms with Crippen molar-refractivity contribution in [2.45, 2.75) is 51.7 Å². The molecule has 0 spiro atoms. The summed E-state index contributed by atoms with van der Waals surface area (Å²) < 4.78 is 2.31. The number of nitrogens with zero attached hydrogens (tertiary/aromatic N) is 3. The van der Waals surface area contributed by atoms with Gasteiger partial charge in [-0.15, -0.1) is 0 Å². The number of likely N-dealkylation sites (N-methyl/N-ethyl adjacent to an activating group) is 1. The van der Waals surface area contributed by atoms with E-state index < -0.39 is 0 Å². The smallest absolute Gasteiger partial charge is 0.0949 e. The molecule has 0 amide bonds. The van der Waals surface area contributed by atoms with Gasteiger partial charge in [0.1, 0.15) is 0 Å². The number of nitrogens with one attached hydrogen (secondary N) is 1. The minimum atomic E-state index is 0.489. The van der Waals surface area contributed by atoms with Crippen LogP contribution < -0.4 is 5.32 Å². The molecule has 0 saturated carbocycles. The SMILES string of the molecule is CCN(C)CCn1cncc1C1CCCC(C)N1. The van der Waals surface area contributed by atoms with E-state index in [2.05, 4.69) is 40.7 Å². The molecule has 1 fully saturated rings. The summed E-state index contributed by atoms with van der Waals surface area (Å²) in [5.74, 6) is 0. The zero-order valence-electron chi connectivity index (χ0n) is 11.9. The zero-order chi connectivity index (χ0) is 13.0. The average molecular weight is 250 g/mol. The van der Waals surface area contributed by atoms with Crippen LogP contribution in [0.2, 0.25) is 0 Å². The molecule has 1 aliphatic rings. The third-order valence-corrected chi connectivity index (χ3v) is 3.98. The third-order valence-electron chi connectivity index (χ3n) is 3.98. The minimum absolute atomic E-state index is 0.489. The standard InChI is InChI=1S/C14H26N4/c1-4-17(3)8-9-18-11-15-10-14(18)13-7-5-6-12(2)16-13/h10-13,16H,4-9H2,1-3H3. The molecular formula is C14H26N4. The highest BCUT2D eigenvalue weighted by Gasteiger charge is 2.21. The van der Waals surface area contributed by atoms with Crippen LogP contribution in [-0.2, 0) is 6.54 Å². The molecule has 1 aliphatic heterocycles. The fourth-order valence-electron chi connectivity index (χ4n) is 2.62. The van der Waals surface area contributed by atoms with E-state index in [1.165, 1.54) is 25.0 Å². The highest BCUT2D eigenvalue weighted by molar-refractivity contribution is 5.07. The lowest BCUT2D eigenvalue weighted by molar-refractivity contribution is 0.310. The molecule has 2 heterocycles. The van der Waals surface area contributed by atoms with Gasteiger partial charge in [-0.3, -0.25) is 0 Å². The third kappa shape index (κ3) is 3.33. The number of rotatable bonds is 5. The van der Waals surface area contributed by atoms with Gasteiger partial charge in [-0.2, -0.15) is 0 Å². The van der Waals surface area contributed by atoms with Crippen molar-refractivity contribution in [2.75, 3.05) is 20.1 Å². The van der Waals surface area contributed by atoms with Gasteiger partial charge >= 0.3 is 0 Å². The normalized spacial score (nSPS) is 24.7. The molecule has 1 aromatic rings. The Balaban J connectivity index is 1.98. The fourth-order valence-corrected chi connectivity index (χ4v) is 2.62. The van der Waals surface area contributed by atoms with E-state index in [0.29, 0.717) is 12.1 Å². The van der Waals surface area contributed by atoms with Gasteiger partial charge in [0.2, 0.25) is 0 Å². The molecule has 4 heteroatoms. The quantitative estimate of drug-likeness (QED) is 0.868. The summed E-state index contributed by atoms with van der Waals surface area (Å²) in [6.45, 7) is 7.69. The molecular weight excluding hydrogens is 224 g/mol. The van der Waals surface area contributed by atoms with Gasteiger partial charge in [0, 0.05) is 31.4 Å². The molecule has 0 radical (unpaired) electrons. The van der Waals surface area contributed by atoms with Crippen LogP contribution in [0.15, 0.2) is 12.5 Å². The average Bonchev–Trinajstić information content (AvgIpc) is 2.84. The summed E-state index contributed by atoms with van der Waals surface area (Å²) in [6, 6.07) is 1.12. The lowest BCUT2D eigenvalue weighted by atomic mass is 9.97. The van der Waals surface area contributed by atoms with E-state index in [1.54, 1.807) is 0 Å². The lowest BCUT2D eigenvalue weighted by Gasteiger charge is -2.29. The molecule has 0 aromatic carbocycles. The van der Waals surface area contributed by atoms with E-state index in [-0.39, 0.29) is 0 Å². The molecule has 2 unspecified atom stereocenters. The van der Waals surface area contributed by atoms with E-state index >= 15 is 0 Å². The first kappa shape index (κ1) is 13.6. The van der Waals surface area contributed by atoms with Crippen LogP contribution in [0.3, 0.4) is 0 Å². The number of hydrogen-bond acceptors (Lipinski definition) is 3. The van der Waals surface area contributed by atoms with Crippen molar-refractivity contribution in [3.8, 4) is 0 Å². The largest absolute Gasteiger partial charge is 0.332 e. The predicted molar refractivity (Wildman–Crippen MR) is 74.6 cm³/mol. The number of hydrogen-bond donors (Lipinski definition) is 1. The monoisotopic (exact) mass is 250 g/mol. The topological polar surface area (TPSA) is 33.1 Å². The molecule has 1 saturated heterocycles. The molecule has 0 bridgehead atoms. The Morgan fingerprint density at radius 2 is 2.33 bits per heavy atom. The summed E-state index contributed by atoms with van der Waals surface area (Å²) in [5.41, 5.74) is 1.35. The number of piperidine rings is 1. The van der Waals surface area contributed by atoms with Crippen molar-refractivity contribution >= 4 is 0 Å². The highest BCUT2D eigenvalue weighted by Crippen LogP contribution is 2.25. The Kier molecular flexibility index (Phi) is 4.78. The Bertz CT molecular complexity index is 360.